The number of fused-ring (bicyclic) bond motifs is 1. The van der Waals surface area contributed by atoms with E-state index in [4.69, 9.17) is 23.4 Å². The van der Waals surface area contributed by atoms with Gasteiger partial charge in [0.25, 0.3) is 0 Å². The summed E-state index contributed by atoms with van der Waals surface area (Å²) < 4.78 is 29.6. The molecule has 2 aromatic rings. The van der Waals surface area contributed by atoms with Crippen LogP contribution in [-0.2, 0) is 23.7 Å². The molecule has 5 rings (SSSR count). The molecule has 2 saturated carbocycles. The molecule has 39 heavy (non-hydrogen) atoms. The van der Waals surface area contributed by atoms with E-state index in [-0.39, 0.29) is 24.2 Å². The van der Waals surface area contributed by atoms with Gasteiger partial charge in [-0.1, -0.05) is 18.2 Å². The minimum absolute atomic E-state index is 0.0371. The summed E-state index contributed by atoms with van der Waals surface area (Å²) in [5.74, 6) is -2.69. The van der Waals surface area contributed by atoms with Crippen LogP contribution in [0, 0.1) is 11.3 Å². The highest BCUT2D eigenvalue weighted by molar-refractivity contribution is 5.89. The first-order valence-corrected chi connectivity index (χ1v) is 13.0. The third-order valence-corrected chi connectivity index (χ3v) is 8.91. The second-order valence-electron chi connectivity index (χ2n) is 11.7. The Morgan fingerprint density at radius 2 is 1.64 bits per heavy atom. The lowest BCUT2D eigenvalue weighted by Crippen LogP contribution is -2.81. The molecule has 1 saturated heterocycles. The van der Waals surface area contributed by atoms with Crippen molar-refractivity contribution in [3.8, 4) is 0 Å². The van der Waals surface area contributed by atoms with Gasteiger partial charge in [0, 0.05) is 19.3 Å². The number of carbonyl (C=O) groups excluding carboxylic acids is 3. The highest BCUT2D eigenvalue weighted by Gasteiger charge is 2.83. The number of carbonyl (C=O) groups is 3. The fourth-order valence-corrected chi connectivity index (χ4v) is 7.22. The molecule has 1 aliphatic heterocycles. The lowest BCUT2D eigenvalue weighted by Gasteiger charge is -2.65. The molecule has 1 spiro atoms. The monoisotopic (exact) mass is 542 g/mol. The van der Waals surface area contributed by atoms with Crippen LogP contribution in [0.2, 0.25) is 0 Å². The molecule has 210 valence electrons. The predicted molar refractivity (Wildman–Crippen MR) is 134 cm³/mol. The van der Waals surface area contributed by atoms with Crippen LogP contribution in [0.15, 0.2) is 53.1 Å². The summed E-state index contributed by atoms with van der Waals surface area (Å²) in [4.78, 5) is 38.7. The zero-order valence-corrected chi connectivity index (χ0v) is 22.6. The van der Waals surface area contributed by atoms with Gasteiger partial charge in [-0.15, -0.1) is 0 Å². The zero-order chi connectivity index (χ0) is 28.4. The molecule has 0 amide bonds. The van der Waals surface area contributed by atoms with E-state index >= 15 is 0 Å². The summed E-state index contributed by atoms with van der Waals surface area (Å²) in [5.41, 5.74) is -5.79. The Kier molecular flexibility index (Phi) is 6.44. The number of hydrogen-bond donors (Lipinski definition) is 2. The molecule has 1 aromatic carbocycles. The Hall–Kier alpha value is -3.21. The molecule has 2 bridgehead atoms. The second kappa shape index (κ2) is 9.18. The first-order chi connectivity index (χ1) is 18.2. The van der Waals surface area contributed by atoms with Crippen molar-refractivity contribution in [1.82, 2.24) is 0 Å². The molecule has 10 heteroatoms. The maximum Gasteiger partial charge on any atom is 0.374 e. The van der Waals surface area contributed by atoms with Crippen LogP contribution in [0.1, 0.15) is 68.4 Å². The summed E-state index contributed by atoms with van der Waals surface area (Å²) >= 11 is 0. The predicted octanol–water partition coefficient (Wildman–Crippen LogP) is 3.05. The zero-order valence-electron chi connectivity index (χ0n) is 22.6. The van der Waals surface area contributed by atoms with E-state index in [2.05, 4.69) is 0 Å². The molecule has 0 radical (unpaired) electrons. The van der Waals surface area contributed by atoms with E-state index in [1.165, 1.54) is 26.2 Å². The van der Waals surface area contributed by atoms with Crippen LogP contribution >= 0.6 is 0 Å². The van der Waals surface area contributed by atoms with Gasteiger partial charge >= 0.3 is 17.9 Å². The van der Waals surface area contributed by atoms with Crippen LogP contribution < -0.4 is 0 Å². The van der Waals surface area contributed by atoms with Crippen molar-refractivity contribution in [2.75, 3.05) is 0 Å². The Labute approximate surface area is 226 Å². The highest BCUT2D eigenvalue weighted by atomic mass is 16.6. The topological polar surface area (TPSA) is 142 Å². The standard InChI is InChI=1S/C29H34O10/c1-16(30)36-23-20(37-24(32)17-10-7-6-8-11-17)15-27(4,34)29-22(31)18(26(2,3)39-29)14-21(28(23,29)5)38-25(33)19-12-9-13-35-19/h6-13,18,20-23,31,34H,14-15H2,1-5H3/t18?,20-,21-,22+,23-,27-,28+,29?/m0/s1. The van der Waals surface area contributed by atoms with Gasteiger partial charge in [0.05, 0.1) is 34.5 Å². The molecule has 3 aliphatic rings. The highest BCUT2D eigenvalue weighted by Crippen LogP contribution is 2.68. The van der Waals surface area contributed by atoms with Crippen molar-refractivity contribution in [1.29, 1.82) is 0 Å². The van der Waals surface area contributed by atoms with Crippen molar-refractivity contribution in [3.63, 3.8) is 0 Å². The Morgan fingerprint density at radius 1 is 0.949 bits per heavy atom. The van der Waals surface area contributed by atoms with Gasteiger partial charge < -0.3 is 33.6 Å². The van der Waals surface area contributed by atoms with Crippen molar-refractivity contribution < 1.29 is 48.0 Å². The van der Waals surface area contributed by atoms with Crippen molar-refractivity contribution in [2.45, 2.75) is 88.7 Å². The second-order valence-corrected chi connectivity index (χ2v) is 11.7. The average molecular weight is 543 g/mol. The van der Waals surface area contributed by atoms with Crippen molar-refractivity contribution in [2.24, 2.45) is 11.3 Å². The summed E-state index contributed by atoms with van der Waals surface area (Å²) in [7, 11) is 0. The number of aliphatic hydroxyl groups excluding tert-OH is 1. The molecule has 2 aliphatic carbocycles. The fourth-order valence-electron chi connectivity index (χ4n) is 7.22. The Balaban J connectivity index is 1.64. The van der Waals surface area contributed by atoms with Gasteiger partial charge in [0.2, 0.25) is 5.76 Å². The maximum atomic E-state index is 13.1. The summed E-state index contributed by atoms with van der Waals surface area (Å²) in [6.07, 6.45) is -3.39. The third kappa shape index (κ3) is 3.99. The van der Waals surface area contributed by atoms with Gasteiger partial charge in [0.1, 0.15) is 17.8 Å². The van der Waals surface area contributed by atoms with Gasteiger partial charge in [-0.05, 0) is 58.4 Å². The van der Waals surface area contributed by atoms with Crippen LogP contribution in [0.3, 0.4) is 0 Å². The number of esters is 3. The van der Waals surface area contributed by atoms with Crippen LogP contribution in [0.4, 0.5) is 0 Å². The van der Waals surface area contributed by atoms with Crippen LogP contribution in [0.25, 0.3) is 0 Å². The third-order valence-electron chi connectivity index (χ3n) is 8.91. The largest absolute Gasteiger partial charge is 0.458 e. The van der Waals surface area contributed by atoms with E-state index in [1.54, 1.807) is 57.2 Å². The first kappa shape index (κ1) is 27.4. The lowest BCUT2D eigenvalue weighted by atomic mass is 9.47. The van der Waals surface area contributed by atoms with Crippen molar-refractivity contribution >= 4 is 17.9 Å². The van der Waals surface area contributed by atoms with Crippen molar-refractivity contribution in [3.05, 3.63) is 60.1 Å². The molecule has 1 aromatic heterocycles. The molecular weight excluding hydrogens is 508 g/mol. The van der Waals surface area contributed by atoms with Gasteiger partial charge in [-0.3, -0.25) is 4.79 Å². The lowest BCUT2D eigenvalue weighted by molar-refractivity contribution is -0.342. The number of ether oxygens (including phenoxy) is 4. The quantitative estimate of drug-likeness (QED) is 0.428. The minimum atomic E-state index is -1.80. The minimum Gasteiger partial charge on any atom is -0.458 e. The molecule has 10 nitrogen and oxygen atoms in total. The maximum absolute atomic E-state index is 13.1. The summed E-state index contributed by atoms with van der Waals surface area (Å²) in [5, 5.41) is 23.9. The fraction of sp³-hybridized carbons (Fsp3) is 0.552. The van der Waals surface area contributed by atoms with Gasteiger partial charge in [0.15, 0.2) is 6.10 Å². The number of benzene rings is 1. The number of rotatable bonds is 5. The number of aliphatic hydroxyl groups is 2. The normalized spacial score (nSPS) is 38.4. The average Bonchev–Trinajstić information content (AvgIpc) is 3.45. The SMILES string of the molecule is CC(=O)O[C@H]1[C@@H](OC(=O)c2ccccc2)C[C@](C)(O)C23OC(C)(C)C(C[C@H](OC(=O)c4ccco4)[C@]12C)[C@H]3O. The number of furan rings is 1. The molecule has 2 N–H and O–H groups in total. The number of hydrogen-bond acceptors (Lipinski definition) is 10. The molecule has 2 heterocycles. The van der Waals surface area contributed by atoms with E-state index in [0.717, 1.165) is 0 Å². The van der Waals surface area contributed by atoms with E-state index in [1.807, 2.05) is 0 Å². The Morgan fingerprint density at radius 3 is 2.26 bits per heavy atom. The molecular formula is C29H34O10. The Bertz CT molecular complexity index is 1250. The molecule has 8 atom stereocenters. The van der Waals surface area contributed by atoms with E-state index < -0.39 is 70.5 Å². The van der Waals surface area contributed by atoms with Crippen LogP contribution in [-0.4, -0.2) is 69.3 Å². The van der Waals surface area contributed by atoms with Gasteiger partial charge in [-0.2, -0.15) is 0 Å². The summed E-state index contributed by atoms with van der Waals surface area (Å²) in [6, 6.07) is 11.3. The van der Waals surface area contributed by atoms with Crippen LogP contribution in [0.5, 0.6) is 0 Å². The van der Waals surface area contributed by atoms with E-state index in [9.17, 15) is 24.6 Å². The summed E-state index contributed by atoms with van der Waals surface area (Å²) in [6.45, 7) is 7.94. The molecule has 3 fully saturated rings. The van der Waals surface area contributed by atoms with E-state index in [0.29, 0.717) is 0 Å². The molecule has 2 unspecified atom stereocenters. The smallest absolute Gasteiger partial charge is 0.374 e. The van der Waals surface area contributed by atoms with Gasteiger partial charge in [-0.25, -0.2) is 9.59 Å². The first-order valence-electron chi connectivity index (χ1n) is 13.0.